The van der Waals surface area contributed by atoms with E-state index in [1.807, 2.05) is 6.07 Å². The molecule has 2 aromatic rings. The van der Waals surface area contributed by atoms with Crippen LogP contribution in [0, 0.1) is 11.3 Å². The molecule has 2 aromatic carbocycles. The summed E-state index contributed by atoms with van der Waals surface area (Å²) in [5.41, 5.74) is 10.8. The van der Waals surface area contributed by atoms with Crippen LogP contribution in [0.25, 0.3) is 0 Å². The second-order valence-corrected chi connectivity index (χ2v) is 6.76. The summed E-state index contributed by atoms with van der Waals surface area (Å²) in [5.74, 6) is -0.703. The van der Waals surface area contributed by atoms with Crippen LogP contribution in [0.2, 0.25) is 0 Å². The molecule has 0 heterocycles. The lowest BCUT2D eigenvalue weighted by atomic mass is 10.0. The number of rotatable bonds is 7. The van der Waals surface area contributed by atoms with Gasteiger partial charge in [0.2, 0.25) is 5.91 Å². The molecule has 0 spiro atoms. The number of hydrogen-bond acceptors (Lipinski definition) is 5. The van der Waals surface area contributed by atoms with Crippen molar-refractivity contribution in [3.8, 4) is 11.8 Å². The highest BCUT2D eigenvalue weighted by Crippen LogP contribution is 2.20. The van der Waals surface area contributed by atoms with Crippen molar-refractivity contribution in [2.24, 2.45) is 5.73 Å². The lowest BCUT2D eigenvalue weighted by Gasteiger charge is -2.18. The fourth-order valence-electron chi connectivity index (χ4n) is 2.33. The van der Waals surface area contributed by atoms with Gasteiger partial charge in [-0.2, -0.15) is 5.26 Å². The summed E-state index contributed by atoms with van der Waals surface area (Å²) in [6.07, 6.45) is -0.143. The first kappa shape index (κ1) is 21.7. The van der Waals surface area contributed by atoms with Gasteiger partial charge in [-0.15, -0.1) is 0 Å². The molecule has 10 heteroatoms. The SMILES string of the molecule is N#Cc1ccc(OCC(=O)NNC(=O)CC(NC(N)=O)c2cccc(Br)c2)cc1. The number of carbonyl (C=O) groups is 3. The van der Waals surface area contributed by atoms with Crippen molar-refractivity contribution in [3.05, 3.63) is 64.1 Å². The number of amides is 4. The van der Waals surface area contributed by atoms with Crippen LogP contribution in [0.5, 0.6) is 5.75 Å². The molecule has 0 fully saturated rings. The molecule has 0 aliphatic rings. The normalized spacial score (nSPS) is 10.9. The van der Waals surface area contributed by atoms with Gasteiger partial charge in [0.1, 0.15) is 5.75 Å². The van der Waals surface area contributed by atoms with Crippen molar-refractivity contribution >= 4 is 33.8 Å². The van der Waals surface area contributed by atoms with Gasteiger partial charge in [0, 0.05) is 4.47 Å². The summed E-state index contributed by atoms with van der Waals surface area (Å²) >= 11 is 3.33. The molecule has 0 saturated heterocycles. The van der Waals surface area contributed by atoms with Crippen LogP contribution in [0.3, 0.4) is 0 Å². The molecule has 1 unspecified atom stereocenters. The third-order valence-electron chi connectivity index (χ3n) is 3.65. The minimum Gasteiger partial charge on any atom is -0.484 e. The lowest BCUT2D eigenvalue weighted by molar-refractivity contribution is -0.130. The second-order valence-electron chi connectivity index (χ2n) is 5.84. The smallest absolute Gasteiger partial charge is 0.312 e. The molecule has 29 heavy (non-hydrogen) atoms. The zero-order chi connectivity index (χ0) is 21.2. The molecule has 0 aliphatic heterocycles. The largest absolute Gasteiger partial charge is 0.484 e. The van der Waals surface area contributed by atoms with Crippen molar-refractivity contribution in [3.63, 3.8) is 0 Å². The molecule has 1 atom stereocenters. The number of nitrogens with one attached hydrogen (secondary N) is 3. The van der Waals surface area contributed by atoms with E-state index in [0.29, 0.717) is 16.9 Å². The Labute approximate surface area is 175 Å². The van der Waals surface area contributed by atoms with Crippen LogP contribution in [0.4, 0.5) is 4.79 Å². The van der Waals surface area contributed by atoms with E-state index in [-0.39, 0.29) is 13.0 Å². The first-order chi connectivity index (χ1) is 13.9. The van der Waals surface area contributed by atoms with Crippen LogP contribution in [0.15, 0.2) is 53.0 Å². The molecule has 5 N–H and O–H groups in total. The molecule has 2 rings (SSSR count). The Balaban J connectivity index is 1.83. The highest BCUT2D eigenvalue weighted by Gasteiger charge is 2.18. The summed E-state index contributed by atoms with van der Waals surface area (Å²) < 4.78 is 6.04. The summed E-state index contributed by atoms with van der Waals surface area (Å²) in [4.78, 5) is 35.2. The zero-order valence-corrected chi connectivity index (χ0v) is 16.7. The molecule has 9 nitrogen and oxygen atoms in total. The molecule has 0 radical (unpaired) electrons. The Morgan fingerprint density at radius 3 is 2.41 bits per heavy atom. The Morgan fingerprint density at radius 1 is 1.10 bits per heavy atom. The predicted molar refractivity (Wildman–Crippen MR) is 107 cm³/mol. The number of ether oxygens (including phenoxy) is 1. The highest BCUT2D eigenvalue weighted by atomic mass is 79.9. The van der Waals surface area contributed by atoms with E-state index in [9.17, 15) is 14.4 Å². The van der Waals surface area contributed by atoms with Crippen molar-refractivity contribution in [1.82, 2.24) is 16.2 Å². The van der Waals surface area contributed by atoms with Crippen LogP contribution in [-0.4, -0.2) is 24.5 Å². The highest BCUT2D eigenvalue weighted by molar-refractivity contribution is 9.10. The quantitative estimate of drug-likeness (QED) is 0.464. The van der Waals surface area contributed by atoms with Crippen LogP contribution in [0.1, 0.15) is 23.6 Å². The number of nitriles is 1. The Kier molecular flexibility index (Phi) is 8.00. The number of urea groups is 1. The van der Waals surface area contributed by atoms with E-state index in [2.05, 4.69) is 32.1 Å². The summed E-state index contributed by atoms with van der Waals surface area (Å²) in [7, 11) is 0. The molecule has 0 bridgehead atoms. The number of nitrogens with two attached hydrogens (primary N) is 1. The maximum atomic E-state index is 12.1. The molecule has 4 amide bonds. The average molecular weight is 460 g/mol. The van der Waals surface area contributed by atoms with Gasteiger partial charge in [-0.05, 0) is 42.0 Å². The van der Waals surface area contributed by atoms with Crippen LogP contribution < -0.4 is 26.6 Å². The number of hydrazine groups is 1. The number of nitrogens with zero attached hydrogens (tertiary/aromatic N) is 1. The van der Waals surface area contributed by atoms with Crippen molar-refractivity contribution < 1.29 is 19.1 Å². The van der Waals surface area contributed by atoms with Gasteiger partial charge in [0.15, 0.2) is 6.61 Å². The Morgan fingerprint density at radius 2 is 1.79 bits per heavy atom. The van der Waals surface area contributed by atoms with E-state index in [1.165, 1.54) is 0 Å². The monoisotopic (exact) mass is 459 g/mol. The van der Waals surface area contributed by atoms with Crippen LogP contribution in [-0.2, 0) is 9.59 Å². The lowest BCUT2D eigenvalue weighted by Crippen LogP contribution is -2.45. The predicted octanol–water partition coefficient (Wildman–Crippen LogP) is 1.65. The van der Waals surface area contributed by atoms with Gasteiger partial charge in [0.25, 0.3) is 5.91 Å². The summed E-state index contributed by atoms with van der Waals surface area (Å²) in [5, 5.41) is 11.2. The maximum Gasteiger partial charge on any atom is 0.312 e. The maximum absolute atomic E-state index is 12.1. The van der Waals surface area contributed by atoms with Crippen molar-refractivity contribution in [1.29, 1.82) is 5.26 Å². The fourth-order valence-corrected chi connectivity index (χ4v) is 2.75. The average Bonchev–Trinajstić information content (AvgIpc) is 2.70. The number of halogens is 1. The number of benzene rings is 2. The van der Waals surface area contributed by atoms with E-state index < -0.39 is 23.9 Å². The Bertz CT molecular complexity index is 927. The molecular formula is C19H18BrN5O4. The van der Waals surface area contributed by atoms with Crippen molar-refractivity contribution in [2.45, 2.75) is 12.5 Å². The fraction of sp³-hybridized carbons (Fsp3) is 0.158. The van der Waals surface area contributed by atoms with E-state index in [0.717, 1.165) is 4.47 Å². The van der Waals surface area contributed by atoms with E-state index >= 15 is 0 Å². The summed E-state index contributed by atoms with van der Waals surface area (Å²) in [6.45, 7) is -0.333. The summed E-state index contributed by atoms with van der Waals surface area (Å²) in [6, 6.07) is 13.8. The minimum absolute atomic E-state index is 0.143. The van der Waals surface area contributed by atoms with E-state index in [1.54, 1.807) is 48.5 Å². The minimum atomic E-state index is -0.775. The molecule has 0 aromatic heterocycles. The van der Waals surface area contributed by atoms with Gasteiger partial charge in [-0.1, -0.05) is 28.1 Å². The van der Waals surface area contributed by atoms with Gasteiger partial charge in [-0.25, -0.2) is 4.79 Å². The zero-order valence-electron chi connectivity index (χ0n) is 15.1. The number of carbonyl (C=O) groups excluding carboxylic acids is 3. The second kappa shape index (κ2) is 10.7. The topological polar surface area (TPSA) is 146 Å². The van der Waals surface area contributed by atoms with Gasteiger partial charge < -0.3 is 15.8 Å². The van der Waals surface area contributed by atoms with Gasteiger partial charge in [-0.3, -0.25) is 20.4 Å². The third-order valence-corrected chi connectivity index (χ3v) is 4.14. The number of hydrogen-bond donors (Lipinski definition) is 4. The van der Waals surface area contributed by atoms with Gasteiger partial charge >= 0.3 is 6.03 Å². The number of primary amides is 1. The molecular weight excluding hydrogens is 442 g/mol. The third kappa shape index (κ3) is 7.51. The first-order valence-electron chi connectivity index (χ1n) is 8.39. The molecule has 0 aliphatic carbocycles. The van der Waals surface area contributed by atoms with E-state index in [4.69, 9.17) is 15.7 Å². The van der Waals surface area contributed by atoms with Gasteiger partial charge in [0.05, 0.1) is 24.1 Å². The van der Waals surface area contributed by atoms with Crippen LogP contribution >= 0.6 is 15.9 Å². The molecule has 150 valence electrons. The Hall–Kier alpha value is -3.58. The van der Waals surface area contributed by atoms with Crippen molar-refractivity contribution in [2.75, 3.05) is 6.61 Å². The standard InChI is InChI=1S/C19H18BrN5O4/c20-14-3-1-2-13(8-14)16(23-19(22)28)9-17(26)24-25-18(27)11-29-15-6-4-12(10-21)5-7-15/h1-8,16H,9,11H2,(H,24,26)(H,25,27)(H3,22,23,28). The first-order valence-corrected chi connectivity index (χ1v) is 9.18. The molecule has 0 saturated carbocycles.